The fourth-order valence-corrected chi connectivity index (χ4v) is 1.16. The molecule has 1 aromatic carbocycles. The molecule has 1 atom stereocenters. The summed E-state index contributed by atoms with van der Waals surface area (Å²) in [5.41, 5.74) is 0. The van der Waals surface area contributed by atoms with Crippen LogP contribution in [0, 0.1) is 5.82 Å². The largest absolute Gasteiger partial charge is 0.491 e. The van der Waals surface area contributed by atoms with Crippen molar-refractivity contribution in [3.63, 3.8) is 0 Å². The fourth-order valence-electron chi connectivity index (χ4n) is 1.16. The quantitative estimate of drug-likeness (QED) is 0.711. The predicted octanol–water partition coefficient (Wildman–Crippen LogP) is 1.99. The van der Waals surface area contributed by atoms with Crippen molar-refractivity contribution < 1.29 is 13.9 Å². The molecule has 1 aliphatic heterocycles. The van der Waals surface area contributed by atoms with Crippen LogP contribution >= 0.6 is 0 Å². The topological polar surface area (TPSA) is 18.5 Å². The highest BCUT2D eigenvalue weighted by Gasteiger charge is 2.18. The molecule has 1 aromatic rings. The lowest BCUT2D eigenvalue weighted by Crippen LogP contribution is -2.32. The minimum absolute atomic E-state index is 0.197. The Kier molecular flexibility index (Phi) is 2.45. The molecule has 2 rings (SSSR count). The molecule has 1 fully saturated rings. The summed E-state index contributed by atoms with van der Waals surface area (Å²) < 4.78 is 23.2. The van der Waals surface area contributed by atoms with Crippen molar-refractivity contribution in [2.75, 3.05) is 13.2 Å². The molecule has 0 aliphatic carbocycles. The maximum atomic E-state index is 12.7. The van der Waals surface area contributed by atoms with E-state index in [4.69, 9.17) is 9.47 Å². The number of hydrogen-bond donors (Lipinski definition) is 0. The van der Waals surface area contributed by atoms with E-state index in [0.717, 1.165) is 13.0 Å². The van der Waals surface area contributed by atoms with Crippen LogP contribution in [0.5, 0.6) is 5.75 Å². The zero-order valence-corrected chi connectivity index (χ0v) is 7.20. The van der Waals surface area contributed by atoms with Gasteiger partial charge in [-0.1, -0.05) is 6.07 Å². The van der Waals surface area contributed by atoms with Gasteiger partial charge in [0, 0.05) is 19.1 Å². The number of hydrogen-bond acceptors (Lipinski definition) is 2. The molecule has 0 saturated carbocycles. The molecule has 13 heavy (non-hydrogen) atoms. The van der Waals surface area contributed by atoms with E-state index in [1.807, 2.05) is 0 Å². The monoisotopic (exact) mass is 182 g/mol. The first-order chi connectivity index (χ1) is 6.34. The molecule has 1 heterocycles. The smallest absolute Gasteiger partial charge is 0.126 e. The molecule has 0 radical (unpaired) electrons. The Hall–Kier alpha value is -1.09. The van der Waals surface area contributed by atoms with Crippen molar-refractivity contribution in [1.29, 1.82) is 0 Å². The van der Waals surface area contributed by atoms with E-state index in [9.17, 15) is 4.39 Å². The van der Waals surface area contributed by atoms with Crippen molar-refractivity contribution in [3.8, 4) is 5.75 Å². The predicted molar refractivity (Wildman–Crippen MR) is 46.3 cm³/mol. The van der Waals surface area contributed by atoms with Crippen LogP contribution in [0.2, 0.25) is 0 Å². The van der Waals surface area contributed by atoms with Crippen LogP contribution in [0.1, 0.15) is 6.42 Å². The summed E-state index contributed by atoms with van der Waals surface area (Å²) >= 11 is 0. The van der Waals surface area contributed by atoms with Crippen LogP contribution in [-0.4, -0.2) is 19.3 Å². The average molecular weight is 182 g/mol. The third-order valence-electron chi connectivity index (χ3n) is 2.03. The third-order valence-corrected chi connectivity index (χ3v) is 2.03. The van der Waals surface area contributed by atoms with Gasteiger partial charge in [0.1, 0.15) is 18.2 Å². The minimum atomic E-state index is -0.271. The Labute approximate surface area is 76.3 Å². The van der Waals surface area contributed by atoms with Gasteiger partial charge >= 0.3 is 0 Å². The van der Waals surface area contributed by atoms with E-state index in [0.29, 0.717) is 12.4 Å². The molecule has 1 unspecified atom stereocenters. The average Bonchev–Trinajstić information content (AvgIpc) is 2.01. The lowest BCUT2D eigenvalue weighted by atomic mass is 10.2. The molecule has 1 aliphatic rings. The molecule has 0 spiro atoms. The van der Waals surface area contributed by atoms with Gasteiger partial charge in [-0.25, -0.2) is 4.39 Å². The van der Waals surface area contributed by atoms with E-state index in [-0.39, 0.29) is 11.9 Å². The minimum Gasteiger partial charge on any atom is -0.491 e. The number of rotatable bonds is 3. The van der Waals surface area contributed by atoms with Crippen molar-refractivity contribution >= 4 is 0 Å². The zero-order chi connectivity index (χ0) is 9.10. The second-order valence-corrected chi connectivity index (χ2v) is 3.05. The standard InChI is InChI=1S/C10H11FO2/c11-8-2-1-3-9(6-8)13-7-10-4-5-12-10/h1-3,6,10H,4-5,7H2. The number of ether oxygens (including phenoxy) is 2. The lowest BCUT2D eigenvalue weighted by Gasteiger charge is -2.26. The van der Waals surface area contributed by atoms with Crippen LogP contribution in [0.4, 0.5) is 4.39 Å². The van der Waals surface area contributed by atoms with Gasteiger partial charge in [0.05, 0.1) is 6.10 Å². The van der Waals surface area contributed by atoms with Crippen LogP contribution in [-0.2, 0) is 4.74 Å². The van der Waals surface area contributed by atoms with E-state index in [2.05, 4.69) is 0 Å². The van der Waals surface area contributed by atoms with Gasteiger partial charge in [0.15, 0.2) is 0 Å². The molecule has 0 amide bonds. The van der Waals surface area contributed by atoms with E-state index in [1.54, 1.807) is 12.1 Å². The molecule has 0 bridgehead atoms. The summed E-state index contributed by atoms with van der Waals surface area (Å²) in [7, 11) is 0. The number of benzene rings is 1. The van der Waals surface area contributed by atoms with Gasteiger partial charge in [-0.05, 0) is 12.1 Å². The summed E-state index contributed by atoms with van der Waals surface area (Å²) in [5.74, 6) is 0.294. The zero-order valence-electron chi connectivity index (χ0n) is 7.20. The first kappa shape index (κ1) is 8.51. The lowest BCUT2D eigenvalue weighted by molar-refractivity contribution is -0.0721. The molecule has 2 nitrogen and oxygen atoms in total. The van der Waals surface area contributed by atoms with Crippen LogP contribution in [0.15, 0.2) is 24.3 Å². The van der Waals surface area contributed by atoms with Gasteiger partial charge in [0.2, 0.25) is 0 Å². The van der Waals surface area contributed by atoms with Crippen molar-refractivity contribution in [2.24, 2.45) is 0 Å². The van der Waals surface area contributed by atoms with E-state index in [1.165, 1.54) is 12.1 Å². The Morgan fingerprint density at radius 3 is 3.00 bits per heavy atom. The summed E-state index contributed by atoms with van der Waals surface area (Å²) in [4.78, 5) is 0. The number of halogens is 1. The second-order valence-electron chi connectivity index (χ2n) is 3.05. The highest BCUT2D eigenvalue weighted by molar-refractivity contribution is 5.22. The first-order valence-corrected chi connectivity index (χ1v) is 4.34. The van der Waals surface area contributed by atoms with E-state index >= 15 is 0 Å². The van der Waals surface area contributed by atoms with E-state index < -0.39 is 0 Å². The summed E-state index contributed by atoms with van der Waals surface area (Å²) in [5, 5.41) is 0. The highest BCUT2D eigenvalue weighted by atomic mass is 19.1. The van der Waals surface area contributed by atoms with Crippen LogP contribution in [0.25, 0.3) is 0 Å². The van der Waals surface area contributed by atoms with Crippen molar-refractivity contribution in [1.82, 2.24) is 0 Å². The highest BCUT2D eigenvalue weighted by Crippen LogP contribution is 2.16. The van der Waals surface area contributed by atoms with Crippen LogP contribution < -0.4 is 4.74 Å². The SMILES string of the molecule is Fc1cccc(OCC2CCO2)c1. The molecule has 70 valence electrons. The van der Waals surface area contributed by atoms with Gasteiger partial charge in [-0.2, -0.15) is 0 Å². The maximum absolute atomic E-state index is 12.7. The van der Waals surface area contributed by atoms with Crippen molar-refractivity contribution in [3.05, 3.63) is 30.1 Å². The Bertz CT molecular complexity index is 284. The maximum Gasteiger partial charge on any atom is 0.126 e. The Balaban J connectivity index is 1.86. The normalized spacial score (nSPS) is 20.8. The first-order valence-electron chi connectivity index (χ1n) is 4.34. The van der Waals surface area contributed by atoms with Gasteiger partial charge < -0.3 is 9.47 Å². The molecular formula is C10H11FO2. The Morgan fingerprint density at radius 1 is 1.54 bits per heavy atom. The van der Waals surface area contributed by atoms with Gasteiger partial charge in [-0.15, -0.1) is 0 Å². The fraction of sp³-hybridized carbons (Fsp3) is 0.400. The summed E-state index contributed by atoms with van der Waals surface area (Å²) in [6.45, 7) is 1.33. The van der Waals surface area contributed by atoms with Gasteiger partial charge in [0.25, 0.3) is 0 Å². The van der Waals surface area contributed by atoms with Crippen LogP contribution in [0.3, 0.4) is 0 Å². The van der Waals surface area contributed by atoms with Crippen molar-refractivity contribution in [2.45, 2.75) is 12.5 Å². The molecule has 1 saturated heterocycles. The molecule has 3 heteroatoms. The Morgan fingerprint density at radius 2 is 2.38 bits per heavy atom. The van der Waals surface area contributed by atoms with Gasteiger partial charge in [-0.3, -0.25) is 0 Å². The molecule has 0 N–H and O–H groups in total. The molecule has 0 aromatic heterocycles. The summed E-state index contributed by atoms with van der Waals surface area (Å²) in [6, 6.07) is 6.14. The molecular weight excluding hydrogens is 171 g/mol. The third kappa shape index (κ3) is 2.18. The second kappa shape index (κ2) is 3.75. The summed E-state index contributed by atoms with van der Waals surface area (Å²) in [6.07, 6.45) is 1.23.